The third kappa shape index (κ3) is 5.84. The molecule has 0 saturated carbocycles. The third-order valence-corrected chi connectivity index (χ3v) is 6.99. The highest BCUT2D eigenvalue weighted by atomic mass is 14.4. The molecule has 2 aliphatic carbocycles. The van der Waals surface area contributed by atoms with Gasteiger partial charge in [0.05, 0.1) is 0 Å². The first kappa shape index (κ1) is 23.5. The first-order valence-corrected chi connectivity index (χ1v) is 11.4. The lowest BCUT2D eigenvalue weighted by atomic mass is 9.65. The van der Waals surface area contributed by atoms with Gasteiger partial charge in [0.15, 0.2) is 0 Å². The smallest absolute Gasteiger partial charge is 0.00982 e. The maximum atomic E-state index is 3.79. The Morgan fingerprint density at radius 2 is 1.69 bits per heavy atom. The molecule has 0 aromatic heterocycles. The summed E-state index contributed by atoms with van der Waals surface area (Å²) in [6.07, 6.45) is 27.3. The van der Waals surface area contributed by atoms with Crippen LogP contribution in [-0.4, -0.2) is 0 Å². The van der Waals surface area contributed by atoms with Crippen molar-refractivity contribution in [3.63, 3.8) is 0 Å². The maximum absolute atomic E-state index is 3.79. The average molecular weight is 391 g/mol. The van der Waals surface area contributed by atoms with E-state index < -0.39 is 0 Å². The third-order valence-electron chi connectivity index (χ3n) is 6.99. The minimum atomic E-state index is 0.122. The second-order valence-electron chi connectivity index (χ2n) is 9.88. The molecule has 0 aliphatic heterocycles. The van der Waals surface area contributed by atoms with Crippen LogP contribution >= 0.6 is 0 Å². The summed E-state index contributed by atoms with van der Waals surface area (Å²) in [5, 5.41) is 0. The largest absolute Gasteiger partial charge is 0.0991 e. The average Bonchev–Trinajstić information content (AvgIpc) is 2.97. The molecule has 2 aliphatic rings. The minimum Gasteiger partial charge on any atom is -0.0991 e. The summed E-state index contributed by atoms with van der Waals surface area (Å²) < 4.78 is 0. The molecule has 0 aromatic rings. The lowest BCUT2D eigenvalue weighted by molar-refractivity contribution is 0.354. The van der Waals surface area contributed by atoms with Crippen LogP contribution in [0, 0.1) is 16.7 Å². The zero-order chi connectivity index (χ0) is 21.5. The number of allylic oxidation sites excluding steroid dienone is 13. The molecular weight excluding hydrogens is 348 g/mol. The molecule has 0 nitrogen and oxygen atoms in total. The Morgan fingerprint density at radius 1 is 1.00 bits per heavy atom. The molecule has 2 rings (SSSR count). The van der Waals surface area contributed by atoms with Crippen molar-refractivity contribution in [1.82, 2.24) is 0 Å². The highest BCUT2D eigenvalue weighted by molar-refractivity contribution is 5.40. The number of hydrogen-bond donors (Lipinski definition) is 0. The lowest BCUT2D eigenvalue weighted by Gasteiger charge is -2.39. The van der Waals surface area contributed by atoms with Gasteiger partial charge in [-0.1, -0.05) is 118 Å². The molecule has 0 fully saturated rings. The zero-order valence-corrected chi connectivity index (χ0v) is 19.7. The zero-order valence-electron chi connectivity index (χ0n) is 19.7. The second-order valence-corrected chi connectivity index (χ2v) is 9.88. The summed E-state index contributed by atoms with van der Waals surface area (Å²) in [5.41, 5.74) is 6.53. The van der Waals surface area contributed by atoms with E-state index in [0.717, 1.165) is 6.42 Å². The summed E-state index contributed by atoms with van der Waals surface area (Å²) in [7, 11) is 0. The standard InChI is InChI=1S/C29H42/c1-8-9-12-15-24(4)29(7,22-23(2)3)27-20-18-26(19-21-27)28(5,6)25-16-13-10-11-14-17-25/h8-12,15-16,18,20,23H,1,13-14,17,19,21-22H2,2-7H3. The monoisotopic (exact) mass is 390 g/mol. The summed E-state index contributed by atoms with van der Waals surface area (Å²) in [6.45, 7) is 18.1. The van der Waals surface area contributed by atoms with Crippen molar-refractivity contribution in [3.05, 3.63) is 83.6 Å². The molecule has 0 heteroatoms. The van der Waals surface area contributed by atoms with Crippen molar-refractivity contribution in [2.24, 2.45) is 16.7 Å². The van der Waals surface area contributed by atoms with Gasteiger partial charge in [-0.25, -0.2) is 0 Å². The van der Waals surface area contributed by atoms with Crippen LogP contribution in [0.1, 0.15) is 80.1 Å². The summed E-state index contributed by atoms with van der Waals surface area (Å²) in [4.78, 5) is 0. The van der Waals surface area contributed by atoms with E-state index >= 15 is 0 Å². The Bertz CT molecular complexity index is 758. The first-order valence-electron chi connectivity index (χ1n) is 11.4. The number of rotatable bonds is 8. The van der Waals surface area contributed by atoms with E-state index in [-0.39, 0.29) is 10.8 Å². The topological polar surface area (TPSA) is 0 Å². The van der Waals surface area contributed by atoms with Crippen molar-refractivity contribution in [3.8, 4) is 0 Å². The molecule has 0 saturated heterocycles. The van der Waals surface area contributed by atoms with Gasteiger partial charge in [-0.2, -0.15) is 0 Å². The Hall–Kier alpha value is -1.82. The van der Waals surface area contributed by atoms with E-state index in [1.54, 1.807) is 16.7 Å². The molecule has 1 unspecified atom stereocenters. The van der Waals surface area contributed by atoms with Crippen LogP contribution in [-0.2, 0) is 0 Å². The molecule has 0 heterocycles. The quantitative estimate of drug-likeness (QED) is 0.286. The SMILES string of the molecule is C=CC=CC=C(C)C(C)(CC(C)C)C1=CC=C(C(C)(C)C2=CCC=CCC2)CC1. The van der Waals surface area contributed by atoms with Crippen LogP contribution in [0.25, 0.3) is 0 Å². The van der Waals surface area contributed by atoms with Gasteiger partial charge in [0, 0.05) is 10.8 Å². The van der Waals surface area contributed by atoms with Crippen molar-refractivity contribution in [1.29, 1.82) is 0 Å². The van der Waals surface area contributed by atoms with Gasteiger partial charge in [0.1, 0.15) is 0 Å². The van der Waals surface area contributed by atoms with Crippen molar-refractivity contribution < 1.29 is 0 Å². The van der Waals surface area contributed by atoms with Crippen LogP contribution in [0.4, 0.5) is 0 Å². The highest BCUT2D eigenvalue weighted by Crippen LogP contribution is 2.48. The van der Waals surface area contributed by atoms with Crippen molar-refractivity contribution in [2.45, 2.75) is 80.1 Å². The highest BCUT2D eigenvalue weighted by Gasteiger charge is 2.34. The van der Waals surface area contributed by atoms with E-state index in [9.17, 15) is 0 Å². The van der Waals surface area contributed by atoms with Gasteiger partial charge in [0.2, 0.25) is 0 Å². The lowest BCUT2D eigenvalue weighted by Crippen LogP contribution is -2.26. The molecule has 0 bridgehead atoms. The van der Waals surface area contributed by atoms with E-state index in [2.05, 4.69) is 90.7 Å². The van der Waals surface area contributed by atoms with Gasteiger partial charge in [-0.3, -0.25) is 0 Å². The second kappa shape index (κ2) is 10.3. The Kier molecular flexibility index (Phi) is 8.32. The van der Waals surface area contributed by atoms with Crippen LogP contribution < -0.4 is 0 Å². The molecule has 0 radical (unpaired) electrons. The summed E-state index contributed by atoms with van der Waals surface area (Å²) >= 11 is 0. The fourth-order valence-electron chi connectivity index (χ4n) is 4.98. The van der Waals surface area contributed by atoms with E-state index in [1.807, 2.05) is 12.2 Å². The number of hydrogen-bond acceptors (Lipinski definition) is 0. The van der Waals surface area contributed by atoms with Crippen molar-refractivity contribution in [2.75, 3.05) is 0 Å². The molecule has 29 heavy (non-hydrogen) atoms. The fraction of sp³-hybridized carbons (Fsp3) is 0.517. The summed E-state index contributed by atoms with van der Waals surface area (Å²) in [6, 6.07) is 0. The van der Waals surface area contributed by atoms with Gasteiger partial charge in [-0.05, 0) is 51.4 Å². The fourth-order valence-corrected chi connectivity index (χ4v) is 4.98. The molecule has 0 amide bonds. The Labute approximate surface area is 180 Å². The van der Waals surface area contributed by atoms with E-state index in [0.29, 0.717) is 5.92 Å². The molecular formula is C29H42. The van der Waals surface area contributed by atoms with Gasteiger partial charge >= 0.3 is 0 Å². The Morgan fingerprint density at radius 3 is 2.31 bits per heavy atom. The van der Waals surface area contributed by atoms with Crippen LogP contribution in [0.2, 0.25) is 0 Å². The molecule has 0 N–H and O–H groups in total. The molecule has 0 spiro atoms. The molecule has 158 valence electrons. The molecule has 0 aromatic carbocycles. The van der Waals surface area contributed by atoms with Crippen LogP contribution in [0.3, 0.4) is 0 Å². The minimum absolute atomic E-state index is 0.122. The van der Waals surface area contributed by atoms with Gasteiger partial charge < -0.3 is 0 Å². The van der Waals surface area contributed by atoms with Crippen molar-refractivity contribution >= 4 is 0 Å². The maximum Gasteiger partial charge on any atom is 0.00982 e. The predicted octanol–water partition coefficient (Wildman–Crippen LogP) is 9.07. The molecule has 1 atom stereocenters. The van der Waals surface area contributed by atoms with E-state index in [1.165, 1.54) is 37.7 Å². The normalized spacial score (nSPS) is 20.8. The van der Waals surface area contributed by atoms with E-state index in [4.69, 9.17) is 0 Å². The predicted molar refractivity (Wildman–Crippen MR) is 131 cm³/mol. The van der Waals surface area contributed by atoms with Crippen LogP contribution in [0.5, 0.6) is 0 Å². The summed E-state index contributed by atoms with van der Waals surface area (Å²) in [5.74, 6) is 0.665. The van der Waals surface area contributed by atoms with Crippen LogP contribution in [0.15, 0.2) is 83.6 Å². The van der Waals surface area contributed by atoms with Gasteiger partial charge in [-0.15, -0.1) is 0 Å². The Balaban J connectivity index is 2.33. The van der Waals surface area contributed by atoms with Gasteiger partial charge in [0.25, 0.3) is 0 Å². The first-order chi connectivity index (χ1) is 13.7.